The minimum absolute atomic E-state index is 0.824. The Morgan fingerprint density at radius 1 is 0.586 bits per heavy atom. The van der Waals surface area contributed by atoms with Crippen molar-refractivity contribution in [2.24, 2.45) is 0 Å². The maximum absolute atomic E-state index is 8.74. The maximum atomic E-state index is 8.74. The molecule has 178 valence electrons. The van der Waals surface area contributed by atoms with Crippen molar-refractivity contribution in [2.75, 3.05) is 14.1 Å². The Morgan fingerprint density at radius 2 is 0.828 bits per heavy atom. The van der Waals surface area contributed by atoms with E-state index < -0.39 is 10.4 Å². The van der Waals surface area contributed by atoms with Gasteiger partial charge in [-0.3, -0.25) is 9.11 Å². The Morgan fingerprint density at radius 3 is 1.07 bits per heavy atom. The molecule has 2 N–H and O–H groups in total. The highest BCUT2D eigenvalue weighted by molar-refractivity contribution is 7.79. The first-order valence-corrected chi connectivity index (χ1v) is 13.5. The highest BCUT2D eigenvalue weighted by Gasteiger charge is 2.10. The van der Waals surface area contributed by atoms with Crippen molar-refractivity contribution >= 4 is 10.4 Å². The minimum atomic E-state index is -4.67. The zero-order valence-corrected chi connectivity index (χ0v) is 20.7. The van der Waals surface area contributed by atoms with Crippen LogP contribution in [0.1, 0.15) is 129 Å². The molecule has 0 aromatic rings. The second-order valence-electron chi connectivity index (χ2n) is 8.59. The Bertz CT molecular complexity index is 405. The van der Waals surface area contributed by atoms with E-state index in [1.165, 1.54) is 116 Å². The number of rotatable bonds is 19. The molecule has 5 nitrogen and oxygen atoms in total. The van der Waals surface area contributed by atoms with Crippen molar-refractivity contribution in [3.05, 3.63) is 0 Å². The van der Waals surface area contributed by atoms with Gasteiger partial charge in [-0.2, -0.15) is 8.42 Å². The summed E-state index contributed by atoms with van der Waals surface area (Å²) in [5.74, 6) is 0. The molecule has 0 aliphatic rings. The highest BCUT2D eigenvalue weighted by Crippen LogP contribution is 2.17. The van der Waals surface area contributed by atoms with Crippen LogP contribution in [-0.4, -0.2) is 42.6 Å². The number of unbranched alkanes of at least 4 members (excludes halogenated alkanes) is 14. The van der Waals surface area contributed by atoms with E-state index in [0.717, 1.165) is 6.04 Å². The van der Waals surface area contributed by atoms with E-state index in [-0.39, 0.29) is 0 Å². The molecule has 1 atom stereocenters. The summed E-state index contributed by atoms with van der Waals surface area (Å²) in [4.78, 5) is 2.47. The van der Waals surface area contributed by atoms with Crippen molar-refractivity contribution in [3.63, 3.8) is 0 Å². The van der Waals surface area contributed by atoms with E-state index in [1.54, 1.807) is 0 Å². The molecule has 0 heterocycles. The van der Waals surface area contributed by atoms with E-state index in [4.69, 9.17) is 17.5 Å². The van der Waals surface area contributed by atoms with E-state index in [2.05, 4.69) is 32.8 Å². The Balaban J connectivity index is 0. The van der Waals surface area contributed by atoms with E-state index in [0.29, 0.717) is 0 Å². The summed E-state index contributed by atoms with van der Waals surface area (Å²) >= 11 is 0. The van der Waals surface area contributed by atoms with Gasteiger partial charge in [0.2, 0.25) is 0 Å². The first kappa shape index (κ1) is 31.0. The van der Waals surface area contributed by atoms with Crippen LogP contribution in [0.5, 0.6) is 0 Å². The Hall–Kier alpha value is -0.170. The van der Waals surface area contributed by atoms with Gasteiger partial charge < -0.3 is 4.90 Å². The molecule has 0 saturated carbocycles. The minimum Gasteiger partial charge on any atom is -0.306 e. The van der Waals surface area contributed by atoms with Gasteiger partial charge in [0.05, 0.1) is 0 Å². The summed E-state index contributed by atoms with van der Waals surface area (Å²) in [5, 5.41) is 0. The van der Waals surface area contributed by atoms with Crippen molar-refractivity contribution in [1.29, 1.82) is 0 Å². The molecule has 0 aromatic carbocycles. The third-order valence-corrected chi connectivity index (χ3v) is 5.51. The van der Waals surface area contributed by atoms with Gasteiger partial charge in [0, 0.05) is 6.04 Å². The van der Waals surface area contributed by atoms with Gasteiger partial charge in [0.1, 0.15) is 0 Å². The van der Waals surface area contributed by atoms with Gasteiger partial charge in [-0.1, -0.05) is 117 Å². The van der Waals surface area contributed by atoms with Gasteiger partial charge in [-0.05, 0) is 26.9 Å². The van der Waals surface area contributed by atoms with E-state index in [9.17, 15) is 0 Å². The lowest BCUT2D eigenvalue weighted by atomic mass is 9.99. The predicted molar refractivity (Wildman–Crippen MR) is 126 cm³/mol. The molecule has 0 radical (unpaired) electrons. The summed E-state index contributed by atoms with van der Waals surface area (Å²) in [7, 11) is -0.112. The number of hydrogen-bond acceptors (Lipinski definition) is 3. The fourth-order valence-corrected chi connectivity index (χ4v) is 3.69. The molecule has 0 aliphatic carbocycles. The summed E-state index contributed by atoms with van der Waals surface area (Å²) in [6.45, 7) is 4.60. The summed E-state index contributed by atoms with van der Waals surface area (Å²) in [6.07, 6.45) is 25.9. The first-order valence-electron chi connectivity index (χ1n) is 12.1. The fourth-order valence-electron chi connectivity index (χ4n) is 3.69. The van der Waals surface area contributed by atoms with Crippen LogP contribution in [0.15, 0.2) is 0 Å². The summed E-state index contributed by atoms with van der Waals surface area (Å²) in [5.41, 5.74) is 0. The quantitative estimate of drug-likeness (QED) is 0.163. The SMILES string of the molecule is CCCCCCCCCCCC(CCCCCCCCC)N(C)C.O=S(=O)(O)O. The van der Waals surface area contributed by atoms with Gasteiger partial charge >= 0.3 is 10.4 Å². The van der Waals surface area contributed by atoms with Gasteiger partial charge in [0.25, 0.3) is 0 Å². The number of nitrogens with zero attached hydrogens (tertiary/aromatic N) is 1. The molecule has 0 spiro atoms. The average molecular weight is 438 g/mol. The molecular formula is C23H51NO4S. The van der Waals surface area contributed by atoms with Crippen LogP contribution in [0.3, 0.4) is 0 Å². The van der Waals surface area contributed by atoms with Crippen molar-refractivity contribution in [2.45, 2.75) is 135 Å². The molecule has 1 unspecified atom stereocenters. The van der Waals surface area contributed by atoms with Gasteiger partial charge in [0.15, 0.2) is 0 Å². The molecule has 29 heavy (non-hydrogen) atoms. The third kappa shape index (κ3) is 32.7. The van der Waals surface area contributed by atoms with Crippen LogP contribution in [0.25, 0.3) is 0 Å². The van der Waals surface area contributed by atoms with Crippen molar-refractivity contribution in [1.82, 2.24) is 4.90 Å². The predicted octanol–water partition coefficient (Wildman–Crippen LogP) is 7.33. The second kappa shape index (κ2) is 22.5. The molecule has 0 rings (SSSR count). The van der Waals surface area contributed by atoms with Gasteiger partial charge in [-0.25, -0.2) is 0 Å². The molecule has 6 heteroatoms. The smallest absolute Gasteiger partial charge is 0.306 e. The fraction of sp³-hybridized carbons (Fsp3) is 1.00. The standard InChI is InChI=1S/C23H49N.H2O4S/c1-5-7-9-11-13-14-16-18-20-22-23(24(3)4)21-19-17-15-12-10-8-6-2;1-5(2,3)4/h23H,5-22H2,1-4H3;(H2,1,2,3,4). The van der Waals surface area contributed by atoms with Crippen molar-refractivity contribution in [3.8, 4) is 0 Å². The molecule has 0 bridgehead atoms. The first-order chi connectivity index (χ1) is 13.7. The zero-order valence-electron chi connectivity index (χ0n) is 19.9. The summed E-state index contributed by atoms with van der Waals surface area (Å²) in [6, 6.07) is 0.824. The van der Waals surface area contributed by atoms with Crippen LogP contribution < -0.4 is 0 Å². The normalized spacial score (nSPS) is 12.7. The average Bonchev–Trinajstić information content (AvgIpc) is 2.62. The lowest BCUT2D eigenvalue weighted by Gasteiger charge is -2.24. The molecule has 0 saturated heterocycles. The van der Waals surface area contributed by atoms with Crippen LogP contribution in [0.2, 0.25) is 0 Å². The molecule has 0 amide bonds. The van der Waals surface area contributed by atoms with Gasteiger partial charge in [-0.15, -0.1) is 0 Å². The molecule has 0 aromatic heterocycles. The largest absolute Gasteiger partial charge is 0.394 e. The maximum Gasteiger partial charge on any atom is 0.394 e. The van der Waals surface area contributed by atoms with Crippen LogP contribution in [0, 0.1) is 0 Å². The lowest BCUT2D eigenvalue weighted by molar-refractivity contribution is 0.251. The zero-order chi connectivity index (χ0) is 22.4. The summed E-state index contributed by atoms with van der Waals surface area (Å²) < 4.78 is 31.6. The van der Waals surface area contributed by atoms with Crippen LogP contribution in [0.4, 0.5) is 0 Å². The third-order valence-electron chi connectivity index (χ3n) is 5.51. The molecular weight excluding hydrogens is 386 g/mol. The van der Waals surface area contributed by atoms with Crippen LogP contribution >= 0.6 is 0 Å². The van der Waals surface area contributed by atoms with E-state index in [1.807, 2.05) is 0 Å². The molecule has 0 aliphatic heterocycles. The Kier molecular flexibility index (Phi) is 24.1. The second-order valence-corrected chi connectivity index (χ2v) is 9.49. The Labute approximate surface area is 182 Å². The van der Waals surface area contributed by atoms with Crippen molar-refractivity contribution < 1.29 is 17.5 Å². The topological polar surface area (TPSA) is 77.8 Å². The van der Waals surface area contributed by atoms with Crippen LogP contribution in [-0.2, 0) is 10.4 Å². The highest BCUT2D eigenvalue weighted by atomic mass is 32.3. The molecule has 0 fully saturated rings. The lowest BCUT2D eigenvalue weighted by Crippen LogP contribution is -2.27. The monoisotopic (exact) mass is 437 g/mol. The van der Waals surface area contributed by atoms with E-state index >= 15 is 0 Å². The number of hydrogen-bond donors (Lipinski definition) is 2.